The van der Waals surface area contributed by atoms with E-state index in [4.69, 9.17) is 0 Å². The number of nitrogens with one attached hydrogen (secondary N) is 1. The van der Waals surface area contributed by atoms with Crippen LogP contribution in [-0.2, 0) is 12.8 Å². The normalized spacial score (nSPS) is 16.0. The molecule has 0 saturated heterocycles. The van der Waals surface area contributed by atoms with Crippen LogP contribution >= 0.6 is 0 Å². The van der Waals surface area contributed by atoms with Crippen molar-refractivity contribution in [2.75, 3.05) is 0 Å². The van der Waals surface area contributed by atoms with E-state index in [1.807, 2.05) is 0 Å². The van der Waals surface area contributed by atoms with Crippen LogP contribution in [-0.4, -0.2) is 5.16 Å². The Morgan fingerprint density at radius 2 is 2.33 bits per heavy atom. The van der Waals surface area contributed by atoms with Crippen molar-refractivity contribution < 1.29 is 4.52 Å². The summed E-state index contributed by atoms with van der Waals surface area (Å²) in [7, 11) is 0. The van der Waals surface area contributed by atoms with Gasteiger partial charge < -0.3 is 4.52 Å². The molecule has 0 atom stereocenters. The van der Waals surface area contributed by atoms with Crippen molar-refractivity contribution in [1.29, 1.82) is 0 Å². The molecule has 0 bridgehead atoms. The zero-order chi connectivity index (χ0) is 6.27. The predicted molar refractivity (Wildman–Crippen MR) is 31.4 cm³/mol. The predicted octanol–water partition coefficient (Wildman–Crippen LogP) is 0.457. The molecular weight excluding hydrogens is 118 g/mol. The number of aryl methyl sites for hydroxylation is 1. The molecule has 9 heavy (non-hydrogen) atoms. The van der Waals surface area contributed by atoms with Crippen LogP contribution in [0.2, 0.25) is 0 Å². The average Bonchev–Trinajstić information content (AvgIpc) is 2.35. The minimum atomic E-state index is -0.178. The minimum absolute atomic E-state index is 0.178. The summed E-state index contributed by atoms with van der Waals surface area (Å²) in [4.78, 5) is 10.7. The molecule has 0 fully saturated rings. The van der Waals surface area contributed by atoms with Gasteiger partial charge in [0.05, 0.1) is 11.3 Å². The molecule has 3 heteroatoms. The van der Waals surface area contributed by atoms with Crippen molar-refractivity contribution in [3.05, 3.63) is 21.7 Å². The number of aromatic amines is 1. The molecule has 2 rings (SSSR count). The van der Waals surface area contributed by atoms with E-state index in [-0.39, 0.29) is 5.63 Å². The van der Waals surface area contributed by atoms with Crippen LogP contribution in [0.1, 0.15) is 17.7 Å². The summed E-state index contributed by atoms with van der Waals surface area (Å²) >= 11 is 0. The second kappa shape index (κ2) is 1.50. The van der Waals surface area contributed by atoms with E-state index in [0.29, 0.717) is 0 Å². The van der Waals surface area contributed by atoms with Crippen LogP contribution in [0, 0.1) is 0 Å². The molecule has 0 saturated carbocycles. The zero-order valence-corrected chi connectivity index (χ0v) is 4.94. The highest BCUT2D eigenvalue weighted by atomic mass is 16.5. The third kappa shape index (κ3) is 0.542. The minimum Gasteiger partial charge on any atom is -0.339 e. The molecule has 1 aliphatic rings. The maximum atomic E-state index is 10.7. The Morgan fingerprint density at radius 1 is 1.44 bits per heavy atom. The van der Waals surface area contributed by atoms with Gasteiger partial charge in [0.15, 0.2) is 0 Å². The van der Waals surface area contributed by atoms with E-state index < -0.39 is 0 Å². The molecule has 1 aliphatic carbocycles. The molecule has 0 spiro atoms. The van der Waals surface area contributed by atoms with E-state index in [1.54, 1.807) is 0 Å². The van der Waals surface area contributed by atoms with Crippen molar-refractivity contribution in [2.24, 2.45) is 0 Å². The number of rotatable bonds is 0. The fourth-order valence-electron chi connectivity index (χ4n) is 1.25. The highest BCUT2D eigenvalue weighted by Gasteiger charge is 2.16. The Kier molecular flexibility index (Phi) is 0.806. The van der Waals surface area contributed by atoms with Crippen LogP contribution < -0.4 is 5.63 Å². The quantitative estimate of drug-likeness (QED) is 0.547. The van der Waals surface area contributed by atoms with E-state index in [2.05, 4.69) is 9.68 Å². The van der Waals surface area contributed by atoms with E-state index >= 15 is 0 Å². The monoisotopic (exact) mass is 125 g/mol. The summed E-state index contributed by atoms with van der Waals surface area (Å²) < 4.78 is 4.56. The average molecular weight is 125 g/mol. The maximum absolute atomic E-state index is 10.7. The second-order valence-electron chi connectivity index (χ2n) is 2.30. The molecule has 1 heterocycles. The van der Waals surface area contributed by atoms with Crippen LogP contribution in [0.5, 0.6) is 0 Å². The Bertz CT molecular complexity index is 271. The van der Waals surface area contributed by atoms with Gasteiger partial charge in [-0.3, -0.25) is 0 Å². The molecule has 1 N–H and O–H groups in total. The fourth-order valence-corrected chi connectivity index (χ4v) is 1.25. The number of hydrogen-bond acceptors (Lipinski definition) is 2. The highest BCUT2D eigenvalue weighted by Crippen LogP contribution is 2.15. The van der Waals surface area contributed by atoms with Crippen molar-refractivity contribution in [2.45, 2.75) is 19.3 Å². The summed E-state index contributed by atoms with van der Waals surface area (Å²) in [5.41, 5.74) is 1.68. The number of H-pyrrole nitrogens is 1. The molecule has 0 amide bonds. The third-order valence-electron chi connectivity index (χ3n) is 1.73. The molecule has 48 valence electrons. The first-order valence-corrected chi connectivity index (χ1v) is 3.07. The Balaban J connectivity index is 2.70. The third-order valence-corrected chi connectivity index (χ3v) is 1.73. The van der Waals surface area contributed by atoms with E-state index in [0.717, 1.165) is 30.5 Å². The summed E-state index contributed by atoms with van der Waals surface area (Å²) in [6.45, 7) is 0. The molecule has 1 aromatic heterocycles. The topological polar surface area (TPSA) is 46.0 Å². The number of hydrogen-bond donors (Lipinski definition) is 1. The van der Waals surface area contributed by atoms with Crippen LogP contribution in [0.3, 0.4) is 0 Å². The number of aromatic nitrogens is 1. The van der Waals surface area contributed by atoms with Crippen molar-refractivity contribution in [3.8, 4) is 0 Å². The SMILES string of the molecule is O=c1o[nH]c2c1CCC2. The van der Waals surface area contributed by atoms with Gasteiger partial charge in [-0.05, 0) is 19.3 Å². The molecule has 0 unspecified atom stereocenters. The first-order valence-electron chi connectivity index (χ1n) is 3.07. The van der Waals surface area contributed by atoms with Gasteiger partial charge in [0.25, 0.3) is 0 Å². The second-order valence-corrected chi connectivity index (χ2v) is 2.30. The molecule has 0 radical (unpaired) electrons. The van der Waals surface area contributed by atoms with E-state index in [9.17, 15) is 4.79 Å². The molecule has 0 aliphatic heterocycles. The zero-order valence-electron chi connectivity index (χ0n) is 4.94. The standard InChI is InChI=1S/C6H7NO2/c8-6-4-2-1-3-5(4)7-9-6/h7H,1-3H2. The lowest BCUT2D eigenvalue weighted by Gasteiger charge is -1.77. The summed E-state index contributed by atoms with van der Waals surface area (Å²) in [5.74, 6) is 0. The molecule has 3 nitrogen and oxygen atoms in total. The van der Waals surface area contributed by atoms with Gasteiger partial charge in [-0.1, -0.05) is 0 Å². The molecule has 0 aromatic carbocycles. The van der Waals surface area contributed by atoms with Crippen molar-refractivity contribution in [1.82, 2.24) is 5.16 Å². The van der Waals surface area contributed by atoms with Gasteiger partial charge >= 0.3 is 5.63 Å². The maximum Gasteiger partial charge on any atom is 0.360 e. The van der Waals surface area contributed by atoms with Crippen molar-refractivity contribution >= 4 is 0 Å². The van der Waals surface area contributed by atoms with Gasteiger partial charge in [0.2, 0.25) is 0 Å². The lowest BCUT2D eigenvalue weighted by Crippen LogP contribution is -1.97. The number of fused-ring (bicyclic) bond motifs is 1. The lowest BCUT2D eigenvalue weighted by molar-refractivity contribution is 0.381. The highest BCUT2D eigenvalue weighted by molar-refractivity contribution is 5.19. The van der Waals surface area contributed by atoms with Gasteiger partial charge in [0.1, 0.15) is 0 Å². The Morgan fingerprint density at radius 3 is 3.11 bits per heavy atom. The Labute approximate surface area is 51.6 Å². The summed E-state index contributed by atoms with van der Waals surface area (Å²) in [6, 6.07) is 0. The Hall–Kier alpha value is -0.990. The lowest BCUT2D eigenvalue weighted by atomic mass is 10.3. The molecule has 1 aromatic rings. The van der Waals surface area contributed by atoms with E-state index in [1.165, 1.54) is 0 Å². The summed E-state index contributed by atoms with van der Waals surface area (Å²) in [6.07, 6.45) is 2.95. The van der Waals surface area contributed by atoms with Crippen LogP contribution in [0.15, 0.2) is 9.32 Å². The fraction of sp³-hybridized carbons (Fsp3) is 0.500. The van der Waals surface area contributed by atoms with Crippen molar-refractivity contribution in [3.63, 3.8) is 0 Å². The van der Waals surface area contributed by atoms with Gasteiger partial charge in [-0.25, -0.2) is 9.95 Å². The molecular formula is C6H7NO2. The van der Waals surface area contributed by atoms with Crippen LogP contribution in [0.4, 0.5) is 0 Å². The first-order chi connectivity index (χ1) is 4.38. The van der Waals surface area contributed by atoms with Gasteiger partial charge in [0, 0.05) is 0 Å². The van der Waals surface area contributed by atoms with Gasteiger partial charge in [-0.2, -0.15) is 0 Å². The largest absolute Gasteiger partial charge is 0.360 e. The summed E-state index contributed by atoms with van der Waals surface area (Å²) in [5, 5.41) is 2.60. The first kappa shape index (κ1) is 4.85. The van der Waals surface area contributed by atoms with Gasteiger partial charge in [-0.15, -0.1) is 0 Å². The smallest absolute Gasteiger partial charge is 0.339 e. The van der Waals surface area contributed by atoms with Crippen LogP contribution in [0.25, 0.3) is 0 Å².